The summed E-state index contributed by atoms with van der Waals surface area (Å²) in [6.07, 6.45) is 1.45. The highest BCUT2D eigenvalue weighted by molar-refractivity contribution is 9.10. The molecular weight excluding hydrogens is 210 g/mol. The first kappa shape index (κ1) is 8.42. The van der Waals surface area contributed by atoms with Gasteiger partial charge in [-0.25, -0.2) is 9.97 Å². The second-order valence-corrected chi connectivity index (χ2v) is 2.69. The maximum Gasteiger partial charge on any atom is 0.130 e. The molecule has 0 spiro atoms. The molecule has 0 radical (unpaired) electrons. The number of aliphatic hydroxyl groups is 1. The summed E-state index contributed by atoms with van der Waals surface area (Å²) in [7, 11) is 0. The molecule has 0 unspecified atom stereocenters. The molecule has 0 saturated heterocycles. The molecule has 1 heterocycles. The number of anilines is 1. The summed E-state index contributed by atoms with van der Waals surface area (Å²) in [6, 6.07) is 1.75. The third-order valence-corrected chi connectivity index (χ3v) is 1.49. The van der Waals surface area contributed by atoms with Crippen LogP contribution in [0.15, 0.2) is 17.0 Å². The van der Waals surface area contributed by atoms with Crippen molar-refractivity contribution in [2.75, 3.05) is 18.5 Å². The highest BCUT2D eigenvalue weighted by atomic mass is 79.9. The summed E-state index contributed by atoms with van der Waals surface area (Å²) >= 11 is 3.20. The fourth-order valence-corrected chi connectivity index (χ4v) is 0.923. The summed E-state index contributed by atoms with van der Waals surface area (Å²) in [5.41, 5.74) is 0. The molecule has 5 heteroatoms. The predicted octanol–water partition coefficient (Wildman–Crippen LogP) is 0.643. The SMILES string of the molecule is OCCNc1cc(Br)ncn1. The first-order valence-electron chi connectivity index (χ1n) is 3.15. The summed E-state index contributed by atoms with van der Waals surface area (Å²) in [5.74, 6) is 0.709. The zero-order valence-electron chi connectivity index (χ0n) is 5.79. The van der Waals surface area contributed by atoms with Crippen molar-refractivity contribution in [3.05, 3.63) is 17.0 Å². The second-order valence-electron chi connectivity index (χ2n) is 1.88. The zero-order chi connectivity index (χ0) is 8.10. The lowest BCUT2D eigenvalue weighted by Gasteiger charge is -2.01. The van der Waals surface area contributed by atoms with Gasteiger partial charge in [-0.15, -0.1) is 0 Å². The van der Waals surface area contributed by atoms with E-state index >= 15 is 0 Å². The number of halogens is 1. The van der Waals surface area contributed by atoms with Gasteiger partial charge in [0.15, 0.2) is 0 Å². The lowest BCUT2D eigenvalue weighted by atomic mass is 10.5. The van der Waals surface area contributed by atoms with Gasteiger partial charge in [0.25, 0.3) is 0 Å². The van der Waals surface area contributed by atoms with Crippen molar-refractivity contribution in [1.29, 1.82) is 0 Å². The maximum atomic E-state index is 8.48. The Bertz CT molecular complexity index is 231. The fourth-order valence-electron chi connectivity index (χ4n) is 0.614. The first-order valence-corrected chi connectivity index (χ1v) is 3.94. The van der Waals surface area contributed by atoms with E-state index in [-0.39, 0.29) is 6.61 Å². The van der Waals surface area contributed by atoms with Crippen LogP contribution in [0.3, 0.4) is 0 Å². The Morgan fingerprint density at radius 3 is 3.00 bits per heavy atom. The van der Waals surface area contributed by atoms with Crippen molar-refractivity contribution in [3.63, 3.8) is 0 Å². The maximum absolute atomic E-state index is 8.48. The van der Waals surface area contributed by atoms with Crippen LogP contribution in [0.2, 0.25) is 0 Å². The van der Waals surface area contributed by atoms with E-state index in [2.05, 4.69) is 31.2 Å². The van der Waals surface area contributed by atoms with Gasteiger partial charge in [-0.3, -0.25) is 0 Å². The van der Waals surface area contributed by atoms with Crippen LogP contribution in [0, 0.1) is 0 Å². The van der Waals surface area contributed by atoms with E-state index < -0.39 is 0 Å². The van der Waals surface area contributed by atoms with Crippen LogP contribution in [-0.2, 0) is 0 Å². The van der Waals surface area contributed by atoms with Crippen molar-refractivity contribution in [1.82, 2.24) is 9.97 Å². The molecule has 60 valence electrons. The highest BCUT2D eigenvalue weighted by Gasteiger charge is 1.92. The Hall–Kier alpha value is -0.680. The number of nitrogens with zero attached hydrogens (tertiary/aromatic N) is 2. The van der Waals surface area contributed by atoms with E-state index in [1.165, 1.54) is 6.33 Å². The first-order chi connectivity index (χ1) is 5.33. The molecule has 0 aliphatic heterocycles. The van der Waals surface area contributed by atoms with Crippen LogP contribution in [0.25, 0.3) is 0 Å². The molecule has 0 aliphatic rings. The average molecular weight is 218 g/mol. The Labute approximate surface area is 72.8 Å². The minimum atomic E-state index is 0.0988. The van der Waals surface area contributed by atoms with Crippen LogP contribution >= 0.6 is 15.9 Å². The lowest BCUT2D eigenvalue weighted by Crippen LogP contribution is -2.06. The third kappa shape index (κ3) is 2.81. The summed E-state index contributed by atoms with van der Waals surface area (Å²) < 4.78 is 0.730. The van der Waals surface area contributed by atoms with Gasteiger partial charge >= 0.3 is 0 Å². The highest BCUT2D eigenvalue weighted by Crippen LogP contribution is 2.08. The van der Waals surface area contributed by atoms with Crippen LogP contribution in [0.4, 0.5) is 5.82 Å². The Balaban J connectivity index is 2.56. The van der Waals surface area contributed by atoms with Gasteiger partial charge < -0.3 is 10.4 Å². The van der Waals surface area contributed by atoms with Crippen LogP contribution in [0.1, 0.15) is 0 Å². The molecule has 2 N–H and O–H groups in total. The van der Waals surface area contributed by atoms with E-state index in [0.717, 1.165) is 4.60 Å². The second kappa shape index (κ2) is 4.25. The van der Waals surface area contributed by atoms with Crippen molar-refractivity contribution >= 4 is 21.7 Å². The molecule has 4 nitrogen and oxygen atoms in total. The van der Waals surface area contributed by atoms with Crippen LogP contribution in [0.5, 0.6) is 0 Å². The van der Waals surface area contributed by atoms with Gasteiger partial charge in [-0.1, -0.05) is 0 Å². The predicted molar refractivity (Wildman–Crippen MR) is 45.3 cm³/mol. The molecular formula is C6H8BrN3O. The standard InChI is InChI=1S/C6H8BrN3O/c7-5-3-6(8-1-2-11)10-4-9-5/h3-4,11H,1-2H2,(H,8,9,10). The van der Waals surface area contributed by atoms with E-state index in [0.29, 0.717) is 12.4 Å². The fraction of sp³-hybridized carbons (Fsp3) is 0.333. The number of hydrogen-bond acceptors (Lipinski definition) is 4. The number of nitrogens with one attached hydrogen (secondary N) is 1. The van der Waals surface area contributed by atoms with Gasteiger partial charge in [-0.05, 0) is 15.9 Å². The van der Waals surface area contributed by atoms with E-state index in [4.69, 9.17) is 5.11 Å². The number of hydrogen-bond donors (Lipinski definition) is 2. The topological polar surface area (TPSA) is 58.0 Å². The van der Waals surface area contributed by atoms with Crippen molar-refractivity contribution in [2.45, 2.75) is 0 Å². The molecule has 0 saturated carbocycles. The van der Waals surface area contributed by atoms with Gasteiger partial charge in [-0.2, -0.15) is 0 Å². The molecule has 1 rings (SSSR count). The summed E-state index contributed by atoms with van der Waals surface area (Å²) in [4.78, 5) is 7.76. The molecule has 0 fully saturated rings. The lowest BCUT2D eigenvalue weighted by molar-refractivity contribution is 0.311. The largest absolute Gasteiger partial charge is 0.395 e. The molecule has 0 amide bonds. The third-order valence-electron chi connectivity index (χ3n) is 1.05. The number of aromatic nitrogens is 2. The zero-order valence-corrected chi connectivity index (χ0v) is 7.37. The van der Waals surface area contributed by atoms with Crippen molar-refractivity contribution in [2.24, 2.45) is 0 Å². The molecule has 0 atom stereocenters. The molecule has 0 aromatic carbocycles. The molecule has 0 aliphatic carbocycles. The average Bonchev–Trinajstić information content (AvgIpc) is 2.01. The molecule has 1 aromatic heterocycles. The minimum Gasteiger partial charge on any atom is -0.395 e. The van der Waals surface area contributed by atoms with Gasteiger partial charge in [0.1, 0.15) is 16.7 Å². The van der Waals surface area contributed by atoms with Crippen molar-refractivity contribution in [3.8, 4) is 0 Å². The van der Waals surface area contributed by atoms with E-state index in [9.17, 15) is 0 Å². The van der Waals surface area contributed by atoms with Crippen LogP contribution < -0.4 is 5.32 Å². The number of aliphatic hydroxyl groups excluding tert-OH is 1. The van der Waals surface area contributed by atoms with Crippen LogP contribution in [-0.4, -0.2) is 28.2 Å². The Morgan fingerprint density at radius 2 is 2.36 bits per heavy atom. The van der Waals surface area contributed by atoms with Gasteiger partial charge in [0.05, 0.1) is 6.61 Å². The number of rotatable bonds is 3. The van der Waals surface area contributed by atoms with E-state index in [1.54, 1.807) is 6.07 Å². The minimum absolute atomic E-state index is 0.0988. The monoisotopic (exact) mass is 217 g/mol. The smallest absolute Gasteiger partial charge is 0.130 e. The van der Waals surface area contributed by atoms with Crippen molar-refractivity contribution < 1.29 is 5.11 Å². The molecule has 1 aromatic rings. The molecule has 0 bridgehead atoms. The Kier molecular flexibility index (Phi) is 3.25. The Morgan fingerprint density at radius 1 is 1.55 bits per heavy atom. The van der Waals surface area contributed by atoms with Gasteiger partial charge in [0, 0.05) is 12.6 Å². The normalized spacial score (nSPS) is 9.64. The summed E-state index contributed by atoms with van der Waals surface area (Å²) in [5, 5.41) is 11.4. The molecule has 11 heavy (non-hydrogen) atoms. The summed E-state index contributed by atoms with van der Waals surface area (Å²) in [6.45, 7) is 0.602. The quantitative estimate of drug-likeness (QED) is 0.731. The van der Waals surface area contributed by atoms with Gasteiger partial charge in [0.2, 0.25) is 0 Å². The van der Waals surface area contributed by atoms with E-state index in [1.807, 2.05) is 0 Å².